The zero-order valence-corrected chi connectivity index (χ0v) is 15.6. The molecule has 0 radical (unpaired) electrons. The van der Waals surface area contributed by atoms with Crippen LogP contribution in [0.15, 0.2) is 48.5 Å². The quantitative estimate of drug-likeness (QED) is 0.614. The van der Waals surface area contributed by atoms with Crippen LogP contribution in [0.4, 0.5) is 4.79 Å². The molecule has 146 valence electrons. The second-order valence-corrected chi connectivity index (χ2v) is 6.89. The summed E-state index contributed by atoms with van der Waals surface area (Å²) in [7, 11) is 0. The largest absolute Gasteiger partial charge is 0.494 e. The van der Waals surface area contributed by atoms with Crippen molar-refractivity contribution in [1.82, 2.24) is 10.2 Å². The Morgan fingerprint density at radius 1 is 1.07 bits per heavy atom. The van der Waals surface area contributed by atoms with E-state index in [1.54, 1.807) is 25.1 Å². The average Bonchev–Trinajstić information content (AvgIpc) is 2.95. The molecule has 0 saturated carbocycles. The summed E-state index contributed by atoms with van der Waals surface area (Å²) in [5, 5.41) is 2.81. The number of amides is 3. The molecule has 2 aromatic rings. The second kappa shape index (κ2) is 7.42. The van der Waals surface area contributed by atoms with Gasteiger partial charge in [-0.2, -0.15) is 0 Å². The Kier molecular flexibility index (Phi) is 4.81. The van der Waals surface area contributed by atoms with Crippen LogP contribution < -0.4 is 19.5 Å². The first-order valence-corrected chi connectivity index (χ1v) is 9.30. The summed E-state index contributed by atoms with van der Waals surface area (Å²) >= 11 is 0. The molecule has 4 rings (SSSR count). The van der Waals surface area contributed by atoms with Crippen LogP contribution in [-0.4, -0.2) is 43.2 Å². The van der Waals surface area contributed by atoms with E-state index >= 15 is 0 Å². The predicted octanol–water partition coefficient (Wildman–Crippen LogP) is 2.69. The maximum absolute atomic E-state index is 13.0. The minimum absolute atomic E-state index is 0.283. The molecule has 2 aliphatic heterocycles. The van der Waals surface area contributed by atoms with Crippen molar-refractivity contribution in [3.05, 3.63) is 54.1 Å². The van der Waals surface area contributed by atoms with E-state index in [2.05, 4.69) is 5.32 Å². The molecule has 2 aliphatic rings. The molecule has 28 heavy (non-hydrogen) atoms. The molecule has 1 saturated heterocycles. The van der Waals surface area contributed by atoms with Crippen LogP contribution in [-0.2, 0) is 10.3 Å². The van der Waals surface area contributed by atoms with Gasteiger partial charge >= 0.3 is 6.03 Å². The Morgan fingerprint density at radius 3 is 2.61 bits per heavy atom. The van der Waals surface area contributed by atoms with Gasteiger partial charge in [-0.1, -0.05) is 24.3 Å². The number of hydrogen-bond donors (Lipinski definition) is 1. The van der Waals surface area contributed by atoms with Crippen molar-refractivity contribution in [3.63, 3.8) is 0 Å². The van der Waals surface area contributed by atoms with E-state index in [0.717, 1.165) is 5.75 Å². The third-order valence-corrected chi connectivity index (χ3v) is 4.93. The molecule has 0 aromatic heterocycles. The van der Waals surface area contributed by atoms with Gasteiger partial charge in [-0.15, -0.1) is 0 Å². The number of ether oxygens (including phenoxy) is 3. The first-order valence-electron chi connectivity index (χ1n) is 9.30. The first kappa shape index (κ1) is 18.2. The molecule has 7 heteroatoms. The lowest BCUT2D eigenvalue weighted by atomic mass is 9.91. The van der Waals surface area contributed by atoms with Crippen LogP contribution in [0.3, 0.4) is 0 Å². The molecule has 7 nitrogen and oxygen atoms in total. The topological polar surface area (TPSA) is 77.1 Å². The van der Waals surface area contributed by atoms with Crippen LogP contribution >= 0.6 is 0 Å². The summed E-state index contributed by atoms with van der Waals surface area (Å²) in [4.78, 5) is 26.7. The Hall–Kier alpha value is -3.22. The van der Waals surface area contributed by atoms with E-state index in [4.69, 9.17) is 14.2 Å². The van der Waals surface area contributed by atoms with Crippen molar-refractivity contribution in [2.75, 3.05) is 26.4 Å². The number of fused-ring (bicyclic) bond motifs is 1. The fraction of sp³-hybridized carbons (Fsp3) is 0.333. The Bertz CT molecular complexity index is 886. The highest BCUT2D eigenvalue weighted by Crippen LogP contribution is 2.36. The normalized spacial score (nSPS) is 20.8. The highest BCUT2D eigenvalue weighted by molar-refractivity contribution is 6.07. The number of hydrogen-bond acceptors (Lipinski definition) is 5. The number of carbonyl (C=O) groups is 2. The summed E-state index contributed by atoms with van der Waals surface area (Å²) in [6.07, 6.45) is 0.547. The van der Waals surface area contributed by atoms with Crippen LogP contribution in [0, 0.1) is 0 Å². The van der Waals surface area contributed by atoms with Gasteiger partial charge in [-0.25, -0.2) is 4.79 Å². The van der Waals surface area contributed by atoms with Gasteiger partial charge in [0.2, 0.25) is 0 Å². The lowest BCUT2D eigenvalue weighted by Crippen LogP contribution is -2.41. The fourth-order valence-electron chi connectivity index (χ4n) is 3.38. The zero-order valence-electron chi connectivity index (χ0n) is 15.6. The molecular formula is C21H22N2O5. The summed E-state index contributed by atoms with van der Waals surface area (Å²) in [5.74, 6) is 1.71. The molecule has 1 fully saturated rings. The SMILES string of the molecule is C[C@]1(c2ccc3c(c2)OCCO3)NC(=O)N(CCCOc2ccccc2)C1=O. The van der Waals surface area contributed by atoms with Gasteiger partial charge in [-0.05, 0) is 43.2 Å². The molecule has 1 N–H and O–H groups in total. The number of benzene rings is 2. The molecule has 0 bridgehead atoms. The number of carbonyl (C=O) groups excluding carboxylic acids is 2. The number of nitrogens with one attached hydrogen (secondary N) is 1. The van der Waals surface area contributed by atoms with Gasteiger partial charge in [0.05, 0.1) is 6.61 Å². The van der Waals surface area contributed by atoms with Gasteiger partial charge in [0, 0.05) is 6.54 Å². The maximum atomic E-state index is 13.0. The maximum Gasteiger partial charge on any atom is 0.325 e. The van der Waals surface area contributed by atoms with Gasteiger partial charge < -0.3 is 19.5 Å². The van der Waals surface area contributed by atoms with Gasteiger partial charge in [0.15, 0.2) is 11.5 Å². The van der Waals surface area contributed by atoms with E-state index in [-0.39, 0.29) is 12.5 Å². The third kappa shape index (κ3) is 3.35. The number of nitrogens with zero attached hydrogens (tertiary/aromatic N) is 1. The standard InChI is InChI=1S/C21H22N2O5/c1-21(15-8-9-17-18(14-15)28-13-12-27-17)19(24)23(20(25)22-21)10-5-11-26-16-6-3-2-4-7-16/h2-4,6-9,14H,5,10-13H2,1H3,(H,22,25)/t21-/m1/s1. The van der Waals surface area contributed by atoms with Crippen molar-refractivity contribution in [1.29, 1.82) is 0 Å². The number of urea groups is 1. The molecule has 0 spiro atoms. The van der Waals surface area contributed by atoms with E-state index in [1.165, 1.54) is 4.90 Å². The van der Waals surface area contributed by atoms with E-state index in [1.807, 2.05) is 30.3 Å². The fourth-order valence-corrected chi connectivity index (χ4v) is 3.38. The summed E-state index contributed by atoms with van der Waals surface area (Å²) < 4.78 is 16.8. The predicted molar refractivity (Wildman–Crippen MR) is 102 cm³/mol. The monoisotopic (exact) mass is 382 g/mol. The van der Waals surface area contributed by atoms with Gasteiger partial charge in [-0.3, -0.25) is 9.69 Å². The summed E-state index contributed by atoms with van der Waals surface area (Å²) in [5.41, 5.74) is -0.467. The van der Waals surface area contributed by atoms with Crippen LogP contribution in [0.1, 0.15) is 18.9 Å². The molecule has 2 aromatic carbocycles. The van der Waals surface area contributed by atoms with Gasteiger partial charge in [0.1, 0.15) is 24.5 Å². The van der Waals surface area contributed by atoms with E-state index < -0.39 is 11.6 Å². The molecule has 3 amide bonds. The molecule has 2 heterocycles. The number of para-hydroxylation sites is 1. The zero-order chi connectivity index (χ0) is 19.6. The molecular weight excluding hydrogens is 360 g/mol. The third-order valence-electron chi connectivity index (χ3n) is 4.93. The Morgan fingerprint density at radius 2 is 1.82 bits per heavy atom. The van der Waals surface area contributed by atoms with Gasteiger partial charge in [0.25, 0.3) is 5.91 Å². The van der Waals surface area contributed by atoms with Crippen molar-refractivity contribution < 1.29 is 23.8 Å². The van der Waals surface area contributed by atoms with Crippen LogP contribution in [0.25, 0.3) is 0 Å². The molecule has 0 aliphatic carbocycles. The molecule has 1 atom stereocenters. The number of rotatable bonds is 6. The average molecular weight is 382 g/mol. The summed E-state index contributed by atoms with van der Waals surface area (Å²) in [6.45, 7) is 3.37. The number of imide groups is 1. The summed E-state index contributed by atoms with van der Waals surface area (Å²) in [6, 6.07) is 14.4. The van der Waals surface area contributed by atoms with Crippen molar-refractivity contribution in [2.24, 2.45) is 0 Å². The molecule has 0 unspecified atom stereocenters. The first-order chi connectivity index (χ1) is 13.6. The lowest BCUT2D eigenvalue weighted by molar-refractivity contribution is -0.131. The minimum atomic E-state index is -1.13. The highest BCUT2D eigenvalue weighted by Gasteiger charge is 2.49. The van der Waals surface area contributed by atoms with Crippen molar-refractivity contribution in [3.8, 4) is 17.2 Å². The second-order valence-electron chi connectivity index (χ2n) is 6.89. The van der Waals surface area contributed by atoms with Crippen LogP contribution in [0.5, 0.6) is 17.2 Å². The Balaban J connectivity index is 1.41. The van der Waals surface area contributed by atoms with E-state index in [9.17, 15) is 9.59 Å². The lowest BCUT2D eigenvalue weighted by Gasteiger charge is -2.25. The highest BCUT2D eigenvalue weighted by atomic mass is 16.6. The minimum Gasteiger partial charge on any atom is -0.494 e. The van der Waals surface area contributed by atoms with E-state index in [0.29, 0.717) is 43.3 Å². The smallest absolute Gasteiger partial charge is 0.325 e. The van der Waals surface area contributed by atoms with Crippen LogP contribution in [0.2, 0.25) is 0 Å². The Labute approximate surface area is 163 Å². The van der Waals surface area contributed by atoms with Crippen molar-refractivity contribution >= 4 is 11.9 Å². The van der Waals surface area contributed by atoms with Crippen molar-refractivity contribution in [2.45, 2.75) is 18.9 Å².